The number of aromatic nitrogens is 1. The van der Waals surface area contributed by atoms with E-state index in [1.165, 1.54) is 11.3 Å². The van der Waals surface area contributed by atoms with Crippen LogP contribution in [0.1, 0.15) is 42.1 Å². The van der Waals surface area contributed by atoms with E-state index in [1.807, 2.05) is 61.5 Å². The number of allylic oxidation sites excluding steroid dienone is 1. The van der Waals surface area contributed by atoms with Crippen LogP contribution in [0.3, 0.4) is 0 Å². The van der Waals surface area contributed by atoms with Gasteiger partial charge in [-0.2, -0.15) is 0 Å². The molecule has 0 radical (unpaired) electrons. The van der Waals surface area contributed by atoms with Gasteiger partial charge in [0.15, 0.2) is 4.80 Å². The van der Waals surface area contributed by atoms with E-state index >= 15 is 0 Å². The molecule has 0 fully saturated rings. The molecule has 0 saturated heterocycles. The van der Waals surface area contributed by atoms with Gasteiger partial charge in [0, 0.05) is 15.6 Å². The second kappa shape index (κ2) is 12.5. The molecule has 3 aromatic carbocycles. The van der Waals surface area contributed by atoms with Crippen molar-refractivity contribution in [3.05, 3.63) is 127 Å². The normalized spacial score (nSPS) is 15.0. The number of carbonyl (C=O) groups excluding carboxylic acids is 1. The van der Waals surface area contributed by atoms with Crippen molar-refractivity contribution in [2.75, 3.05) is 6.61 Å². The van der Waals surface area contributed by atoms with Gasteiger partial charge in [-0.15, -0.1) is 0 Å². The number of carbonyl (C=O) groups is 1. The monoisotopic (exact) mass is 718 g/mol. The van der Waals surface area contributed by atoms with E-state index in [-0.39, 0.29) is 12.2 Å². The van der Waals surface area contributed by atoms with E-state index in [0.29, 0.717) is 43.0 Å². The Hall–Kier alpha value is -2.92. The third kappa shape index (κ3) is 6.30. The number of ether oxygens (including phenoxy) is 2. The van der Waals surface area contributed by atoms with Crippen LogP contribution in [-0.4, -0.2) is 17.1 Å². The first-order valence-corrected chi connectivity index (χ1v) is 15.4. The Morgan fingerprint density at radius 1 is 1.10 bits per heavy atom. The van der Waals surface area contributed by atoms with Crippen molar-refractivity contribution in [1.29, 1.82) is 0 Å². The van der Waals surface area contributed by atoms with Gasteiger partial charge in [0.25, 0.3) is 5.56 Å². The lowest BCUT2D eigenvalue weighted by molar-refractivity contribution is -0.139. The zero-order valence-corrected chi connectivity index (χ0v) is 26.9. The summed E-state index contributed by atoms with van der Waals surface area (Å²) in [5, 5.41) is 1.12. The summed E-state index contributed by atoms with van der Waals surface area (Å²) in [5.41, 5.74) is 4.25. The maximum absolute atomic E-state index is 13.8. The Morgan fingerprint density at radius 3 is 2.54 bits per heavy atom. The number of esters is 1. The lowest BCUT2D eigenvalue weighted by atomic mass is 9.95. The van der Waals surface area contributed by atoms with Crippen molar-refractivity contribution < 1.29 is 14.3 Å². The second-order valence-corrected chi connectivity index (χ2v) is 12.4. The molecule has 0 spiro atoms. The molecule has 41 heavy (non-hydrogen) atoms. The maximum Gasteiger partial charge on any atom is 0.338 e. The fourth-order valence-electron chi connectivity index (χ4n) is 4.53. The average molecular weight is 719 g/mol. The quantitative estimate of drug-likeness (QED) is 0.160. The van der Waals surface area contributed by atoms with Crippen LogP contribution in [-0.2, 0) is 16.1 Å². The fourth-order valence-corrected chi connectivity index (χ4v) is 6.73. The van der Waals surface area contributed by atoms with Crippen LogP contribution < -0.4 is 19.6 Å². The Labute approximate surface area is 264 Å². The Kier molecular flexibility index (Phi) is 9.03. The van der Waals surface area contributed by atoms with Crippen LogP contribution in [0.25, 0.3) is 6.08 Å². The Morgan fingerprint density at radius 2 is 1.85 bits per heavy atom. The number of thiazole rings is 1. The number of halogens is 3. The number of rotatable bonds is 7. The number of nitrogens with zero attached hydrogens (tertiary/aromatic N) is 2. The number of benzene rings is 3. The van der Waals surface area contributed by atoms with Gasteiger partial charge < -0.3 is 9.47 Å². The minimum Gasteiger partial charge on any atom is -0.488 e. The highest BCUT2D eigenvalue weighted by Crippen LogP contribution is 2.31. The van der Waals surface area contributed by atoms with Crippen molar-refractivity contribution in [2.45, 2.75) is 33.4 Å². The predicted molar refractivity (Wildman–Crippen MR) is 172 cm³/mol. The first kappa shape index (κ1) is 29.6. The van der Waals surface area contributed by atoms with Gasteiger partial charge in [0.05, 0.1) is 32.0 Å². The first-order valence-electron chi connectivity index (χ1n) is 12.8. The summed E-state index contributed by atoms with van der Waals surface area (Å²) in [6.07, 6.45) is 1.83. The van der Waals surface area contributed by atoms with Crippen LogP contribution in [0.15, 0.2) is 81.7 Å². The van der Waals surface area contributed by atoms with E-state index in [4.69, 9.17) is 32.7 Å². The van der Waals surface area contributed by atoms with Gasteiger partial charge in [-0.25, -0.2) is 9.79 Å². The molecule has 0 amide bonds. The SMILES string of the molecule is CCOC(=O)C1=C(C)N=c2s/c(=C/c3ccc(OCc4ccc(Cl)cc4Cl)c(I)c3)c(=O)n2[C@@H]1c1ccc(C)cc1. The molecule has 0 N–H and O–H groups in total. The minimum absolute atomic E-state index is 0.221. The minimum atomic E-state index is -0.636. The summed E-state index contributed by atoms with van der Waals surface area (Å²) in [5.74, 6) is 0.225. The van der Waals surface area contributed by atoms with E-state index in [1.54, 1.807) is 30.5 Å². The molecule has 5 rings (SSSR count). The van der Waals surface area contributed by atoms with Crippen molar-refractivity contribution in [3.63, 3.8) is 0 Å². The average Bonchev–Trinajstić information content (AvgIpc) is 3.23. The summed E-state index contributed by atoms with van der Waals surface area (Å²) in [6.45, 7) is 6.06. The molecule has 10 heteroatoms. The highest BCUT2D eigenvalue weighted by atomic mass is 127. The molecule has 2 heterocycles. The molecule has 1 aliphatic heterocycles. The number of aryl methyl sites for hydroxylation is 1. The van der Waals surface area contributed by atoms with Gasteiger partial charge in [-0.3, -0.25) is 9.36 Å². The number of fused-ring (bicyclic) bond motifs is 1. The van der Waals surface area contributed by atoms with Crippen molar-refractivity contribution in [2.24, 2.45) is 4.99 Å². The van der Waals surface area contributed by atoms with Gasteiger partial charge in [0.2, 0.25) is 0 Å². The van der Waals surface area contributed by atoms with Crippen LogP contribution in [0.5, 0.6) is 5.75 Å². The third-order valence-electron chi connectivity index (χ3n) is 6.56. The standard InChI is InChI=1S/C31H25Cl2IN2O4S/c1-4-39-30(38)27-18(3)35-31-36(28(27)20-8-5-17(2)6-9-20)29(37)26(41-31)14-19-7-12-25(24(34)13-19)40-16-21-10-11-22(32)15-23(21)33/h5-15,28H,4,16H2,1-3H3/b26-14+/t28-/m1/s1. The van der Waals surface area contributed by atoms with Gasteiger partial charge >= 0.3 is 5.97 Å². The molecule has 210 valence electrons. The fraction of sp³-hybridized carbons (Fsp3) is 0.194. The van der Waals surface area contributed by atoms with Crippen LogP contribution in [0.4, 0.5) is 0 Å². The maximum atomic E-state index is 13.8. The molecule has 0 saturated carbocycles. The van der Waals surface area contributed by atoms with E-state index in [0.717, 1.165) is 25.8 Å². The molecule has 0 bridgehead atoms. The molecule has 6 nitrogen and oxygen atoms in total. The Balaban J connectivity index is 1.51. The Bertz CT molecular complexity index is 1860. The molecule has 1 aliphatic rings. The smallest absolute Gasteiger partial charge is 0.338 e. The molecule has 1 atom stereocenters. The largest absolute Gasteiger partial charge is 0.488 e. The number of hydrogen-bond donors (Lipinski definition) is 0. The van der Waals surface area contributed by atoms with Crippen molar-refractivity contribution in [3.8, 4) is 5.75 Å². The van der Waals surface area contributed by atoms with Crippen molar-refractivity contribution >= 4 is 69.2 Å². The summed E-state index contributed by atoms with van der Waals surface area (Å²) in [4.78, 5) is 32.0. The van der Waals surface area contributed by atoms with Gasteiger partial charge in [-0.1, -0.05) is 76.5 Å². The topological polar surface area (TPSA) is 69.9 Å². The van der Waals surface area contributed by atoms with Gasteiger partial charge in [0.1, 0.15) is 12.4 Å². The van der Waals surface area contributed by atoms with E-state index in [2.05, 4.69) is 27.6 Å². The van der Waals surface area contributed by atoms with Crippen LogP contribution in [0, 0.1) is 10.5 Å². The predicted octanol–water partition coefficient (Wildman–Crippen LogP) is 6.60. The second-order valence-electron chi connectivity index (χ2n) is 9.43. The molecular weight excluding hydrogens is 694 g/mol. The highest BCUT2D eigenvalue weighted by molar-refractivity contribution is 14.1. The summed E-state index contributed by atoms with van der Waals surface area (Å²) in [6, 6.07) is 18.2. The van der Waals surface area contributed by atoms with Gasteiger partial charge in [-0.05, 0) is 84.8 Å². The summed E-state index contributed by atoms with van der Waals surface area (Å²) >= 11 is 15.8. The highest BCUT2D eigenvalue weighted by Gasteiger charge is 2.33. The summed E-state index contributed by atoms with van der Waals surface area (Å²) < 4.78 is 14.4. The van der Waals surface area contributed by atoms with Crippen LogP contribution in [0.2, 0.25) is 10.0 Å². The molecule has 0 aliphatic carbocycles. The zero-order valence-electron chi connectivity index (χ0n) is 22.4. The van der Waals surface area contributed by atoms with E-state index < -0.39 is 12.0 Å². The first-order chi connectivity index (χ1) is 19.7. The zero-order chi connectivity index (χ0) is 29.3. The molecule has 4 aromatic rings. The summed E-state index contributed by atoms with van der Waals surface area (Å²) in [7, 11) is 0. The lowest BCUT2D eigenvalue weighted by Gasteiger charge is -2.24. The molecular formula is C31H25Cl2IN2O4S. The van der Waals surface area contributed by atoms with E-state index in [9.17, 15) is 9.59 Å². The van der Waals surface area contributed by atoms with Crippen LogP contribution >= 0.6 is 57.1 Å². The number of hydrogen-bond acceptors (Lipinski definition) is 6. The molecule has 0 unspecified atom stereocenters. The molecule has 1 aromatic heterocycles. The van der Waals surface area contributed by atoms with Crippen molar-refractivity contribution in [1.82, 2.24) is 4.57 Å². The third-order valence-corrected chi connectivity index (χ3v) is 8.98. The lowest BCUT2D eigenvalue weighted by Crippen LogP contribution is -2.39.